The van der Waals surface area contributed by atoms with Crippen LogP contribution in [0.4, 0.5) is 0 Å². The van der Waals surface area contributed by atoms with Gasteiger partial charge in [-0.05, 0) is 172 Å². The smallest absolute Gasteiger partial charge is 0.387 e. The van der Waals surface area contributed by atoms with Gasteiger partial charge in [0.15, 0.2) is 12.4 Å². The van der Waals surface area contributed by atoms with E-state index in [0.29, 0.717) is 6.61 Å². The summed E-state index contributed by atoms with van der Waals surface area (Å²) in [4.78, 5) is 0. The highest BCUT2D eigenvalue weighted by Gasteiger charge is 2.55. The summed E-state index contributed by atoms with van der Waals surface area (Å²) in [6.45, 7) is 0.329. The molecule has 302 valence electrons. The number of aryl methyl sites for hydroxylation is 8. The summed E-state index contributed by atoms with van der Waals surface area (Å²) in [6, 6.07) is 17.5. The molecule has 6 aromatic rings. The van der Waals surface area contributed by atoms with Crippen molar-refractivity contribution in [3.63, 3.8) is 0 Å². The Bertz CT molecular complexity index is 2530. The third kappa shape index (κ3) is 6.06. The predicted molar refractivity (Wildman–Crippen MR) is 225 cm³/mol. The molecule has 2 aliphatic heterocycles. The van der Waals surface area contributed by atoms with Gasteiger partial charge in [0.2, 0.25) is 0 Å². The molecule has 12 rings (SSSR count). The van der Waals surface area contributed by atoms with Crippen LogP contribution in [0, 0.1) is 0 Å². The molecule has 4 heterocycles. The van der Waals surface area contributed by atoms with Gasteiger partial charge in [0.1, 0.15) is 40.6 Å². The lowest BCUT2D eigenvalue weighted by atomic mass is 9.84. The second-order valence-electron chi connectivity index (χ2n) is 17.2. The quantitative estimate of drug-likeness (QED) is 0.168. The minimum absolute atomic E-state index is 0.329. The summed E-state index contributed by atoms with van der Waals surface area (Å²) >= 11 is 0. The second-order valence-corrected chi connectivity index (χ2v) is 19.2. The fraction of sp³-hybridized carbons (Fsp3) is 0.489. The summed E-state index contributed by atoms with van der Waals surface area (Å²) in [7, 11) is -2.19. The Morgan fingerprint density at radius 1 is 0.466 bits per heavy atom. The van der Waals surface area contributed by atoms with Crippen LogP contribution in [0.2, 0.25) is 0 Å². The van der Waals surface area contributed by atoms with Gasteiger partial charge in [-0.1, -0.05) is 24.3 Å². The van der Waals surface area contributed by atoms with Crippen LogP contribution in [0.1, 0.15) is 95.9 Å². The number of fused-ring (bicyclic) bond motifs is 16. The van der Waals surface area contributed by atoms with Crippen molar-refractivity contribution in [2.45, 2.75) is 133 Å². The van der Waals surface area contributed by atoms with Crippen LogP contribution in [-0.2, 0) is 65.6 Å². The first-order chi connectivity index (χ1) is 28.7. The third-order valence-electron chi connectivity index (χ3n) is 13.9. The maximum absolute atomic E-state index is 6.94. The molecule has 6 aliphatic rings. The van der Waals surface area contributed by atoms with Crippen molar-refractivity contribution in [3.8, 4) is 0 Å². The Morgan fingerprint density at radius 3 is 1.21 bits per heavy atom. The molecule has 11 heteroatoms. The monoisotopic (exact) mass is 820 g/mol. The van der Waals surface area contributed by atoms with E-state index in [2.05, 4.69) is 48.5 Å². The summed E-state index contributed by atoms with van der Waals surface area (Å²) in [6.07, 6.45) is 15.2. The Labute approximate surface area is 339 Å². The standard InChI is InChI=1S/C47H50O9P2/c1-48-47-46(56-58-53-37-24-20-29-12-4-8-16-33(29)42(37)43-34-17-9-5-13-30(34)21-25-38(43)54-58)45-44(39(50-47)26-49-45)55-57-51-35-22-18-27-10-2-6-14-31(27)40(35)41-32-15-7-3-11-28(32)19-23-36(41)52-57/h18-25,39,44-47H,2-17,26H2,1H3/t39-,44-,45+,46-,47+/m1/s1. The van der Waals surface area contributed by atoms with Crippen molar-refractivity contribution in [3.05, 3.63) is 93.0 Å². The second kappa shape index (κ2) is 14.9. The topological polar surface area (TPSA) is 98.7 Å². The van der Waals surface area contributed by atoms with E-state index < -0.39 is 47.2 Å². The zero-order valence-corrected chi connectivity index (χ0v) is 34.9. The SMILES string of the molecule is CO[C@H]1O[C@@H]2CO[C@H]([C@H]1Op1oc3ccc4c(c3c3c5c(ccc3o1)CCCC5)CCCC4)[C@@H]2Op1oc2ccc3c(c2c2c4c(ccc2o1)CCCC4)CCCC3. The molecule has 0 saturated carbocycles. The van der Waals surface area contributed by atoms with Crippen LogP contribution in [-0.4, -0.2) is 44.4 Å². The highest BCUT2D eigenvalue weighted by molar-refractivity contribution is 7.32. The van der Waals surface area contributed by atoms with Crippen LogP contribution in [0.3, 0.4) is 0 Å². The van der Waals surface area contributed by atoms with Crippen LogP contribution in [0.25, 0.3) is 43.9 Å². The van der Waals surface area contributed by atoms with Gasteiger partial charge < -0.3 is 31.0 Å². The molecule has 0 spiro atoms. The van der Waals surface area contributed by atoms with Crippen molar-refractivity contribution in [2.75, 3.05) is 13.7 Å². The molecule has 5 atom stereocenters. The first kappa shape index (κ1) is 36.3. The molecule has 2 saturated heterocycles. The van der Waals surface area contributed by atoms with E-state index in [-0.39, 0.29) is 0 Å². The Kier molecular flexibility index (Phi) is 9.33. The number of hydrogen-bond acceptors (Lipinski definition) is 9. The number of rotatable bonds is 5. The molecule has 2 bridgehead atoms. The van der Waals surface area contributed by atoms with Gasteiger partial charge in [0.05, 0.1) is 6.61 Å². The lowest BCUT2D eigenvalue weighted by Crippen LogP contribution is -2.57. The fourth-order valence-electron chi connectivity index (χ4n) is 11.1. The van der Waals surface area contributed by atoms with E-state index in [0.717, 1.165) is 73.7 Å². The first-order valence-corrected chi connectivity index (χ1v) is 23.9. The molecule has 58 heavy (non-hydrogen) atoms. The molecule has 2 fully saturated rings. The van der Waals surface area contributed by atoms with E-state index in [4.69, 9.17) is 40.0 Å². The van der Waals surface area contributed by atoms with Crippen molar-refractivity contribution < 1.29 is 40.0 Å². The molecule has 9 nitrogen and oxygen atoms in total. The number of hydrogen-bond donors (Lipinski definition) is 0. The third-order valence-corrected chi connectivity index (χ3v) is 16.1. The van der Waals surface area contributed by atoms with E-state index in [1.807, 2.05) is 0 Å². The van der Waals surface area contributed by atoms with Crippen molar-refractivity contribution >= 4 is 60.4 Å². The first-order valence-electron chi connectivity index (χ1n) is 21.7. The fourth-order valence-corrected chi connectivity index (χ4v) is 13.5. The highest BCUT2D eigenvalue weighted by Crippen LogP contribution is 2.47. The lowest BCUT2D eigenvalue weighted by Gasteiger charge is -2.37. The minimum atomic E-state index is -1.94. The normalized spacial score (nSPS) is 25.1. The van der Waals surface area contributed by atoms with Crippen LogP contribution in [0.15, 0.2) is 65.3 Å². The molecule has 0 amide bonds. The molecule has 2 aromatic heterocycles. The van der Waals surface area contributed by atoms with Crippen LogP contribution >= 0.6 is 16.5 Å². The van der Waals surface area contributed by atoms with Crippen molar-refractivity contribution in [1.82, 2.24) is 0 Å². The summed E-state index contributed by atoms with van der Waals surface area (Å²) in [5, 5.41) is 4.78. The summed E-state index contributed by atoms with van der Waals surface area (Å²) in [5.74, 6) is 0. The van der Waals surface area contributed by atoms with Gasteiger partial charge in [-0.15, -0.1) is 0 Å². The molecular formula is C47H50O9P2. The van der Waals surface area contributed by atoms with E-state index in [9.17, 15) is 0 Å². The highest BCUT2D eigenvalue weighted by atomic mass is 31.1. The van der Waals surface area contributed by atoms with Gasteiger partial charge >= 0.3 is 16.5 Å². The van der Waals surface area contributed by atoms with Crippen LogP contribution in [0.5, 0.6) is 0 Å². The van der Waals surface area contributed by atoms with Crippen molar-refractivity contribution in [1.29, 1.82) is 0 Å². The molecule has 0 radical (unpaired) electrons. The molecular weight excluding hydrogens is 770 g/mol. The van der Waals surface area contributed by atoms with Gasteiger partial charge in [-0.2, -0.15) is 0 Å². The van der Waals surface area contributed by atoms with E-state index in [1.54, 1.807) is 7.11 Å². The average Bonchev–Trinajstić information content (AvgIpc) is 3.38. The summed E-state index contributed by atoms with van der Waals surface area (Å²) in [5.41, 5.74) is 14.6. The molecule has 4 aromatic carbocycles. The average molecular weight is 821 g/mol. The van der Waals surface area contributed by atoms with E-state index >= 15 is 0 Å². The Balaban J connectivity index is 0.959. The summed E-state index contributed by atoms with van der Waals surface area (Å²) < 4.78 is 60.2. The van der Waals surface area contributed by atoms with Crippen molar-refractivity contribution in [2.24, 2.45) is 0 Å². The number of methoxy groups -OCH3 is 1. The number of ether oxygens (including phenoxy) is 3. The van der Waals surface area contributed by atoms with Gasteiger partial charge in [0.25, 0.3) is 0 Å². The van der Waals surface area contributed by atoms with Gasteiger partial charge in [-0.25, -0.2) is 0 Å². The zero-order valence-electron chi connectivity index (χ0n) is 33.1. The molecule has 0 N–H and O–H groups in total. The van der Waals surface area contributed by atoms with Gasteiger partial charge in [0, 0.05) is 28.7 Å². The zero-order chi connectivity index (χ0) is 38.3. The van der Waals surface area contributed by atoms with Gasteiger partial charge in [-0.3, -0.25) is 9.05 Å². The maximum atomic E-state index is 6.94. The Hall–Kier alpha value is -3.52. The van der Waals surface area contributed by atoms with Crippen LogP contribution < -0.4 is 9.05 Å². The Morgan fingerprint density at radius 2 is 0.828 bits per heavy atom. The number of benzene rings is 4. The van der Waals surface area contributed by atoms with E-state index in [1.165, 1.54) is 117 Å². The minimum Gasteiger partial charge on any atom is -0.399 e. The molecule has 0 unspecified atom stereocenters. The molecule has 4 aliphatic carbocycles. The largest absolute Gasteiger partial charge is 0.399 e. The maximum Gasteiger partial charge on any atom is 0.387 e. The lowest BCUT2D eigenvalue weighted by molar-refractivity contribution is -0.232. The predicted octanol–water partition coefficient (Wildman–Crippen LogP) is 11.5.